The van der Waals surface area contributed by atoms with E-state index in [-0.39, 0.29) is 17.5 Å². The van der Waals surface area contributed by atoms with E-state index in [1.54, 1.807) is 17.8 Å². The number of carbonyl (C=O) groups excluding carboxylic acids is 1. The molecule has 0 aliphatic carbocycles. The van der Waals surface area contributed by atoms with E-state index in [2.05, 4.69) is 36.1 Å². The number of aromatic nitrogens is 2. The quantitative estimate of drug-likeness (QED) is 0.869. The number of hydrogen-bond donors (Lipinski definition) is 1. The van der Waals surface area contributed by atoms with Crippen molar-refractivity contribution < 1.29 is 4.79 Å². The third-order valence-corrected chi connectivity index (χ3v) is 3.74. The zero-order chi connectivity index (χ0) is 14.6. The van der Waals surface area contributed by atoms with Gasteiger partial charge in [-0.05, 0) is 34.4 Å². The lowest BCUT2D eigenvalue weighted by molar-refractivity contribution is -0.124. The molecule has 0 saturated carbocycles. The van der Waals surface area contributed by atoms with Gasteiger partial charge in [-0.3, -0.25) is 14.4 Å². The first-order chi connectivity index (χ1) is 8.77. The van der Waals surface area contributed by atoms with Gasteiger partial charge in [0.05, 0.1) is 11.2 Å². The van der Waals surface area contributed by atoms with Crippen LogP contribution in [-0.2, 0) is 4.79 Å². The standard InChI is InChI=1S/C13H23ClN4O/c1-6-17(5)13(3,4)9-15-12(19)10(2)18-8-11(14)7-16-18/h7-8,10H,6,9H2,1-5H3,(H,15,19)/t10-/m0/s1. The molecule has 1 N–H and O–H groups in total. The molecular weight excluding hydrogens is 264 g/mol. The highest BCUT2D eigenvalue weighted by Crippen LogP contribution is 2.13. The summed E-state index contributed by atoms with van der Waals surface area (Å²) >= 11 is 5.80. The molecule has 1 aromatic rings. The monoisotopic (exact) mass is 286 g/mol. The molecule has 1 rings (SSSR count). The number of amides is 1. The fourth-order valence-electron chi connectivity index (χ4n) is 1.66. The Morgan fingerprint density at radius 1 is 1.63 bits per heavy atom. The highest BCUT2D eigenvalue weighted by molar-refractivity contribution is 6.30. The number of likely N-dealkylation sites (N-methyl/N-ethyl adjacent to an activating group) is 1. The van der Waals surface area contributed by atoms with E-state index in [1.807, 2.05) is 7.05 Å². The Balaban J connectivity index is 2.56. The van der Waals surface area contributed by atoms with Crippen LogP contribution in [0.15, 0.2) is 12.4 Å². The Morgan fingerprint density at radius 2 is 2.26 bits per heavy atom. The Morgan fingerprint density at radius 3 is 2.74 bits per heavy atom. The molecule has 0 aliphatic heterocycles. The second kappa shape index (κ2) is 6.39. The highest BCUT2D eigenvalue weighted by Gasteiger charge is 2.24. The molecule has 0 aromatic carbocycles. The molecular formula is C13H23ClN4O. The largest absolute Gasteiger partial charge is 0.352 e. The first-order valence-electron chi connectivity index (χ1n) is 6.46. The van der Waals surface area contributed by atoms with Crippen molar-refractivity contribution in [3.05, 3.63) is 17.4 Å². The number of nitrogens with zero attached hydrogens (tertiary/aromatic N) is 3. The Kier molecular flexibility index (Phi) is 5.38. The highest BCUT2D eigenvalue weighted by atomic mass is 35.5. The molecule has 0 fully saturated rings. The van der Waals surface area contributed by atoms with Crippen molar-refractivity contribution in [2.45, 2.75) is 39.3 Å². The fraction of sp³-hybridized carbons (Fsp3) is 0.692. The zero-order valence-corrected chi connectivity index (χ0v) is 13.0. The van der Waals surface area contributed by atoms with E-state index >= 15 is 0 Å². The minimum absolute atomic E-state index is 0.0580. The Bertz CT molecular complexity index is 430. The van der Waals surface area contributed by atoms with Crippen LogP contribution < -0.4 is 5.32 Å². The van der Waals surface area contributed by atoms with Gasteiger partial charge in [0.2, 0.25) is 5.91 Å². The molecule has 6 heteroatoms. The molecule has 1 atom stereocenters. The first-order valence-corrected chi connectivity index (χ1v) is 6.84. The first kappa shape index (κ1) is 16.0. The van der Waals surface area contributed by atoms with Crippen LogP contribution in [0.2, 0.25) is 5.02 Å². The number of halogens is 1. The third-order valence-electron chi connectivity index (χ3n) is 3.55. The molecule has 108 valence electrons. The summed E-state index contributed by atoms with van der Waals surface area (Å²) in [7, 11) is 2.04. The summed E-state index contributed by atoms with van der Waals surface area (Å²) < 4.78 is 1.56. The van der Waals surface area contributed by atoms with E-state index in [4.69, 9.17) is 11.6 Å². The molecule has 1 heterocycles. The summed E-state index contributed by atoms with van der Waals surface area (Å²) in [6, 6.07) is -0.366. The molecule has 0 spiro atoms. The van der Waals surface area contributed by atoms with Crippen molar-refractivity contribution in [3.63, 3.8) is 0 Å². The molecule has 19 heavy (non-hydrogen) atoms. The van der Waals surface area contributed by atoms with Crippen molar-refractivity contribution in [2.24, 2.45) is 0 Å². The van der Waals surface area contributed by atoms with Crippen LogP contribution in [0.5, 0.6) is 0 Å². The van der Waals surface area contributed by atoms with E-state index < -0.39 is 0 Å². The van der Waals surface area contributed by atoms with Crippen molar-refractivity contribution in [1.29, 1.82) is 0 Å². The second-order valence-electron chi connectivity index (χ2n) is 5.36. The van der Waals surface area contributed by atoms with Gasteiger partial charge in [-0.15, -0.1) is 0 Å². The molecule has 0 aliphatic rings. The lowest BCUT2D eigenvalue weighted by Crippen LogP contribution is -2.50. The molecule has 1 aromatic heterocycles. The molecule has 5 nitrogen and oxygen atoms in total. The average molecular weight is 287 g/mol. The normalized spacial score (nSPS) is 13.6. The van der Waals surface area contributed by atoms with E-state index in [0.29, 0.717) is 11.6 Å². The molecule has 0 radical (unpaired) electrons. The van der Waals surface area contributed by atoms with Crippen LogP contribution in [0.4, 0.5) is 0 Å². The van der Waals surface area contributed by atoms with Gasteiger partial charge in [-0.2, -0.15) is 5.10 Å². The fourth-order valence-corrected chi connectivity index (χ4v) is 1.80. The van der Waals surface area contributed by atoms with E-state index in [9.17, 15) is 4.79 Å². The molecule has 0 saturated heterocycles. The summed E-state index contributed by atoms with van der Waals surface area (Å²) in [6.45, 7) is 9.63. The van der Waals surface area contributed by atoms with Crippen LogP contribution in [0.25, 0.3) is 0 Å². The van der Waals surface area contributed by atoms with Crippen molar-refractivity contribution in [1.82, 2.24) is 20.0 Å². The van der Waals surface area contributed by atoms with E-state index in [0.717, 1.165) is 6.54 Å². The van der Waals surface area contributed by atoms with Crippen LogP contribution in [0, 0.1) is 0 Å². The molecule has 0 unspecified atom stereocenters. The maximum Gasteiger partial charge on any atom is 0.244 e. The maximum absolute atomic E-state index is 12.1. The third kappa shape index (κ3) is 4.21. The Labute approximate surface area is 119 Å². The summed E-state index contributed by atoms with van der Waals surface area (Å²) in [5, 5.41) is 7.54. The van der Waals surface area contributed by atoms with Gasteiger partial charge in [0.15, 0.2) is 0 Å². The predicted molar refractivity (Wildman–Crippen MR) is 77.3 cm³/mol. The van der Waals surface area contributed by atoms with Gasteiger partial charge < -0.3 is 5.32 Å². The number of hydrogen-bond acceptors (Lipinski definition) is 3. The van der Waals surface area contributed by atoms with Crippen molar-refractivity contribution in [3.8, 4) is 0 Å². The van der Waals surface area contributed by atoms with Gasteiger partial charge in [0.25, 0.3) is 0 Å². The topological polar surface area (TPSA) is 50.2 Å². The van der Waals surface area contributed by atoms with E-state index in [1.165, 1.54) is 6.20 Å². The Hall–Kier alpha value is -1.07. The molecule has 0 bridgehead atoms. The lowest BCUT2D eigenvalue weighted by atomic mass is 10.0. The predicted octanol–water partition coefficient (Wildman–Crippen LogP) is 1.94. The summed E-state index contributed by atoms with van der Waals surface area (Å²) in [4.78, 5) is 14.3. The summed E-state index contributed by atoms with van der Waals surface area (Å²) in [5.74, 6) is -0.0580. The maximum atomic E-state index is 12.1. The van der Waals surface area contributed by atoms with Crippen LogP contribution in [0.3, 0.4) is 0 Å². The smallest absolute Gasteiger partial charge is 0.244 e. The zero-order valence-electron chi connectivity index (χ0n) is 12.3. The number of nitrogens with one attached hydrogen (secondary N) is 1. The van der Waals surface area contributed by atoms with Gasteiger partial charge in [0, 0.05) is 18.3 Å². The van der Waals surface area contributed by atoms with Gasteiger partial charge in [0.1, 0.15) is 6.04 Å². The van der Waals surface area contributed by atoms with Crippen LogP contribution >= 0.6 is 11.6 Å². The van der Waals surface area contributed by atoms with Gasteiger partial charge >= 0.3 is 0 Å². The summed E-state index contributed by atoms with van der Waals surface area (Å²) in [5.41, 5.74) is -0.0775. The lowest BCUT2D eigenvalue weighted by Gasteiger charge is -2.35. The number of carbonyl (C=O) groups is 1. The number of rotatable bonds is 6. The summed E-state index contributed by atoms with van der Waals surface area (Å²) in [6.07, 6.45) is 3.18. The SMILES string of the molecule is CCN(C)C(C)(C)CNC(=O)[C@H](C)n1cc(Cl)cn1. The van der Waals surface area contributed by atoms with Crippen molar-refractivity contribution >= 4 is 17.5 Å². The van der Waals surface area contributed by atoms with Gasteiger partial charge in [-0.1, -0.05) is 18.5 Å². The second-order valence-corrected chi connectivity index (χ2v) is 5.80. The van der Waals surface area contributed by atoms with Crippen LogP contribution in [0.1, 0.15) is 33.7 Å². The van der Waals surface area contributed by atoms with Gasteiger partial charge in [-0.25, -0.2) is 0 Å². The minimum atomic E-state index is -0.366. The minimum Gasteiger partial charge on any atom is -0.352 e. The molecule has 1 amide bonds. The van der Waals surface area contributed by atoms with Crippen LogP contribution in [-0.4, -0.2) is 46.3 Å². The average Bonchev–Trinajstić information content (AvgIpc) is 2.80. The van der Waals surface area contributed by atoms with Crippen molar-refractivity contribution in [2.75, 3.05) is 20.1 Å².